The van der Waals surface area contributed by atoms with E-state index < -0.39 is 11.7 Å². The molecule has 31 heavy (non-hydrogen) atoms. The summed E-state index contributed by atoms with van der Waals surface area (Å²) in [4.78, 5) is 20.3. The minimum Gasteiger partial charge on any atom is -0.490 e. The van der Waals surface area contributed by atoms with E-state index in [0.717, 1.165) is 18.7 Å². The molecule has 0 spiro atoms. The van der Waals surface area contributed by atoms with Gasteiger partial charge in [0, 0.05) is 50.6 Å². The molecule has 1 saturated heterocycles. The molecule has 0 bridgehead atoms. The Morgan fingerprint density at radius 3 is 2.45 bits per heavy atom. The molecule has 4 rings (SSSR count). The number of anilines is 2. The second-order valence-corrected chi connectivity index (χ2v) is 7.43. The summed E-state index contributed by atoms with van der Waals surface area (Å²) in [6.07, 6.45) is -2.73. The van der Waals surface area contributed by atoms with Crippen molar-refractivity contribution in [2.75, 3.05) is 56.2 Å². The number of pyridine rings is 1. The minimum atomic E-state index is -4.39. The number of amides is 1. The van der Waals surface area contributed by atoms with Crippen LogP contribution >= 0.6 is 0 Å². The molecule has 2 aliphatic heterocycles. The summed E-state index contributed by atoms with van der Waals surface area (Å²) in [5.41, 5.74) is -0.122. The van der Waals surface area contributed by atoms with Gasteiger partial charge in [-0.25, -0.2) is 4.98 Å². The molecule has 0 atom stereocenters. The first-order valence-corrected chi connectivity index (χ1v) is 10.1. The predicted octanol–water partition coefficient (Wildman–Crippen LogP) is 3.02. The van der Waals surface area contributed by atoms with Gasteiger partial charge in [-0.2, -0.15) is 13.2 Å². The van der Waals surface area contributed by atoms with Crippen molar-refractivity contribution in [3.8, 4) is 11.5 Å². The van der Waals surface area contributed by atoms with E-state index >= 15 is 0 Å². The molecule has 3 heterocycles. The third kappa shape index (κ3) is 5.38. The molecule has 1 aromatic heterocycles. The Morgan fingerprint density at radius 1 is 1.03 bits per heavy atom. The van der Waals surface area contributed by atoms with Crippen molar-refractivity contribution < 1.29 is 27.4 Å². The molecule has 2 aliphatic rings. The maximum absolute atomic E-state index is 12.7. The zero-order chi connectivity index (χ0) is 21.8. The Labute approximate surface area is 177 Å². The molecule has 0 radical (unpaired) electrons. The minimum absolute atomic E-state index is 0.143. The van der Waals surface area contributed by atoms with Crippen LogP contribution in [0.2, 0.25) is 0 Å². The first-order chi connectivity index (χ1) is 14.9. The lowest BCUT2D eigenvalue weighted by Crippen LogP contribution is -2.48. The molecule has 10 heteroatoms. The lowest BCUT2D eigenvalue weighted by atomic mass is 10.2. The molecule has 0 aliphatic carbocycles. The highest BCUT2D eigenvalue weighted by atomic mass is 19.4. The summed E-state index contributed by atoms with van der Waals surface area (Å²) in [5, 5.41) is 2.87. The van der Waals surface area contributed by atoms with Crippen LogP contribution < -0.4 is 19.7 Å². The third-order valence-electron chi connectivity index (χ3n) is 5.17. The van der Waals surface area contributed by atoms with E-state index in [0.29, 0.717) is 62.4 Å². The molecule has 0 saturated carbocycles. The van der Waals surface area contributed by atoms with Gasteiger partial charge in [0.1, 0.15) is 5.82 Å². The van der Waals surface area contributed by atoms with Gasteiger partial charge in [-0.05, 0) is 24.3 Å². The van der Waals surface area contributed by atoms with E-state index in [4.69, 9.17) is 9.47 Å². The summed E-state index contributed by atoms with van der Waals surface area (Å²) < 4.78 is 49.3. The van der Waals surface area contributed by atoms with Gasteiger partial charge in [0.05, 0.1) is 25.3 Å². The van der Waals surface area contributed by atoms with Crippen LogP contribution in [-0.2, 0) is 11.0 Å². The summed E-state index contributed by atoms with van der Waals surface area (Å²) in [5.74, 6) is 1.65. The largest absolute Gasteiger partial charge is 0.490 e. The number of hydrogen-bond acceptors (Lipinski definition) is 6. The summed E-state index contributed by atoms with van der Waals surface area (Å²) in [6.45, 7) is 3.78. The number of nitrogens with zero attached hydrogens (tertiary/aromatic N) is 3. The van der Waals surface area contributed by atoms with Crippen LogP contribution in [0.15, 0.2) is 36.5 Å². The number of rotatable bonds is 4. The van der Waals surface area contributed by atoms with E-state index in [2.05, 4.69) is 10.3 Å². The third-order valence-corrected chi connectivity index (χ3v) is 5.17. The van der Waals surface area contributed by atoms with Crippen molar-refractivity contribution in [1.82, 2.24) is 9.88 Å². The molecule has 0 unspecified atom stereocenters. The number of fused-ring (bicyclic) bond motifs is 1. The smallest absolute Gasteiger partial charge is 0.417 e. The van der Waals surface area contributed by atoms with Crippen molar-refractivity contribution in [1.29, 1.82) is 0 Å². The van der Waals surface area contributed by atoms with Crippen molar-refractivity contribution in [3.05, 3.63) is 42.1 Å². The number of nitrogens with one attached hydrogen (secondary N) is 1. The Bertz CT molecular complexity index is 913. The van der Waals surface area contributed by atoms with Crippen molar-refractivity contribution in [2.45, 2.75) is 12.6 Å². The van der Waals surface area contributed by atoms with Crippen LogP contribution in [0.25, 0.3) is 0 Å². The molecular weight excluding hydrogens is 413 g/mol. The molecular formula is C21H23F3N4O3. The fourth-order valence-electron chi connectivity index (χ4n) is 3.52. The fourth-order valence-corrected chi connectivity index (χ4v) is 3.52. The van der Waals surface area contributed by atoms with Crippen molar-refractivity contribution in [2.24, 2.45) is 0 Å². The number of benzene rings is 1. The first-order valence-electron chi connectivity index (χ1n) is 10.1. The highest BCUT2D eigenvalue weighted by Crippen LogP contribution is 2.32. The Kier molecular flexibility index (Phi) is 6.17. The van der Waals surface area contributed by atoms with Crippen LogP contribution in [-0.4, -0.2) is 61.7 Å². The number of piperazine rings is 1. The quantitative estimate of drug-likeness (QED) is 0.795. The second-order valence-electron chi connectivity index (χ2n) is 7.43. The Balaban J connectivity index is 1.27. The number of carbonyl (C=O) groups excluding carboxylic acids is 1. The van der Waals surface area contributed by atoms with E-state index in [-0.39, 0.29) is 12.5 Å². The number of ether oxygens (including phenoxy) is 2. The lowest BCUT2D eigenvalue weighted by Gasteiger charge is -2.35. The van der Waals surface area contributed by atoms with Crippen LogP contribution in [0.1, 0.15) is 12.0 Å². The van der Waals surface area contributed by atoms with Gasteiger partial charge in [0.2, 0.25) is 5.91 Å². The number of aromatic nitrogens is 1. The topological polar surface area (TPSA) is 66.9 Å². The summed E-state index contributed by atoms with van der Waals surface area (Å²) >= 11 is 0. The fraction of sp³-hybridized carbons (Fsp3) is 0.429. The molecule has 1 aromatic carbocycles. The molecule has 166 valence electrons. The Morgan fingerprint density at radius 2 is 1.77 bits per heavy atom. The van der Waals surface area contributed by atoms with Gasteiger partial charge in [-0.1, -0.05) is 0 Å². The number of hydrogen-bond donors (Lipinski definition) is 1. The molecule has 7 nitrogen and oxygen atoms in total. The van der Waals surface area contributed by atoms with Crippen molar-refractivity contribution >= 4 is 17.4 Å². The van der Waals surface area contributed by atoms with Gasteiger partial charge >= 0.3 is 6.18 Å². The second kappa shape index (κ2) is 9.01. The van der Waals surface area contributed by atoms with Crippen LogP contribution in [0.5, 0.6) is 11.5 Å². The number of alkyl halides is 3. The zero-order valence-electron chi connectivity index (χ0n) is 16.8. The maximum atomic E-state index is 12.7. The van der Waals surface area contributed by atoms with Gasteiger partial charge < -0.3 is 19.7 Å². The first kappa shape index (κ1) is 21.2. The van der Waals surface area contributed by atoms with E-state index in [9.17, 15) is 18.0 Å². The monoisotopic (exact) mass is 436 g/mol. The summed E-state index contributed by atoms with van der Waals surface area (Å²) in [6, 6.07) is 7.74. The normalized spacial score (nSPS) is 17.2. The van der Waals surface area contributed by atoms with E-state index in [1.165, 1.54) is 6.07 Å². The average Bonchev–Trinajstić information content (AvgIpc) is 2.99. The average molecular weight is 436 g/mol. The summed E-state index contributed by atoms with van der Waals surface area (Å²) in [7, 11) is 0. The molecule has 1 N–H and O–H groups in total. The zero-order valence-corrected chi connectivity index (χ0v) is 16.8. The van der Waals surface area contributed by atoms with Crippen molar-refractivity contribution in [3.63, 3.8) is 0 Å². The molecule has 1 fully saturated rings. The molecule has 2 aromatic rings. The lowest BCUT2D eigenvalue weighted by molar-refractivity contribution is -0.137. The highest BCUT2D eigenvalue weighted by molar-refractivity contribution is 5.92. The highest BCUT2D eigenvalue weighted by Gasteiger charge is 2.31. The molecule has 1 amide bonds. The van der Waals surface area contributed by atoms with Gasteiger partial charge in [0.15, 0.2) is 11.5 Å². The Hall–Kier alpha value is -3.01. The van der Waals surface area contributed by atoms with E-state index in [1.807, 2.05) is 9.80 Å². The predicted molar refractivity (Wildman–Crippen MR) is 109 cm³/mol. The van der Waals surface area contributed by atoms with Crippen LogP contribution in [0.4, 0.5) is 24.7 Å². The van der Waals surface area contributed by atoms with Crippen LogP contribution in [0.3, 0.4) is 0 Å². The van der Waals surface area contributed by atoms with Gasteiger partial charge in [-0.15, -0.1) is 0 Å². The van der Waals surface area contributed by atoms with Gasteiger partial charge in [0.25, 0.3) is 0 Å². The SMILES string of the molecule is O=C(CN1CCN(c2ccc(C(F)(F)F)cn2)CC1)Nc1ccc2c(c1)OCCCO2. The maximum Gasteiger partial charge on any atom is 0.417 e. The van der Waals surface area contributed by atoms with E-state index in [1.54, 1.807) is 18.2 Å². The standard InChI is InChI=1S/C21H23F3N4O3/c22-21(23,24)15-2-5-19(25-13-15)28-8-6-27(7-9-28)14-20(29)26-16-3-4-17-18(12-16)31-11-1-10-30-17/h2-5,12-13H,1,6-11,14H2,(H,26,29). The van der Waals surface area contributed by atoms with Gasteiger partial charge in [-0.3, -0.25) is 9.69 Å². The number of carbonyl (C=O) groups is 1. The number of halogens is 3. The van der Waals surface area contributed by atoms with Crippen LogP contribution in [0, 0.1) is 0 Å².